The Morgan fingerprint density at radius 3 is 2.68 bits per heavy atom. The molecule has 1 aromatic rings. The third-order valence-electron chi connectivity index (χ3n) is 5.88. The molecule has 2 fully saturated rings. The van der Waals surface area contributed by atoms with Gasteiger partial charge >= 0.3 is 5.97 Å². The largest absolute Gasteiger partial charge is 0.496 e. The van der Waals surface area contributed by atoms with Gasteiger partial charge in [-0.15, -0.1) is 0 Å². The zero-order chi connectivity index (χ0) is 18.2. The van der Waals surface area contributed by atoms with Crippen LogP contribution in [0.3, 0.4) is 0 Å². The second-order valence-corrected chi connectivity index (χ2v) is 7.25. The Labute approximate surface area is 148 Å². The Morgan fingerprint density at radius 2 is 2.04 bits per heavy atom. The highest BCUT2D eigenvalue weighted by molar-refractivity contribution is 5.95. The number of nitrogens with zero attached hydrogens (tertiary/aromatic N) is 2. The van der Waals surface area contributed by atoms with E-state index in [1.165, 1.54) is 0 Å². The summed E-state index contributed by atoms with van der Waals surface area (Å²) in [6.45, 7) is 3.74. The third kappa shape index (κ3) is 2.99. The maximum absolute atomic E-state index is 12.9. The molecule has 25 heavy (non-hydrogen) atoms. The van der Waals surface area contributed by atoms with E-state index < -0.39 is 11.4 Å². The van der Waals surface area contributed by atoms with E-state index in [1.807, 2.05) is 20.0 Å². The number of carbonyl (C=O) groups excluding carboxylic acids is 1. The molecule has 2 saturated heterocycles. The van der Waals surface area contributed by atoms with E-state index in [4.69, 9.17) is 4.74 Å². The second kappa shape index (κ2) is 6.67. The molecule has 2 aliphatic rings. The minimum atomic E-state index is -0.726. The van der Waals surface area contributed by atoms with Crippen LogP contribution in [0.4, 0.5) is 0 Å². The fourth-order valence-electron chi connectivity index (χ4n) is 4.36. The van der Waals surface area contributed by atoms with Crippen molar-refractivity contribution in [2.45, 2.75) is 32.2 Å². The number of likely N-dealkylation sites (N-methyl/N-ethyl adjacent to an activating group) is 1. The standard InChI is InChI=1S/C19H26N2O4/c1-13-11-14(5-6-15(13)25-3)17(22)21-10-8-19(18(23)24)7-4-9-20(2)16(19)12-21/h5-6,11,16H,4,7-10,12H2,1-3H3,(H,23,24)/t16-,19+/m1/s1. The van der Waals surface area contributed by atoms with Gasteiger partial charge in [0.1, 0.15) is 5.75 Å². The first-order valence-electron chi connectivity index (χ1n) is 8.76. The number of carboxylic acid groups (broad SMARTS) is 1. The minimum absolute atomic E-state index is 0.0382. The van der Waals surface area contributed by atoms with Crippen molar-refractivity contribution in [1.29, 1.82) is 0 Å². The normalized spacial score (nSPS) is 26.8. The highest BCUT2D eigenvalue weighted by Gasteiger charge is 2.52. The Balaban J connectivity index is 1.82. The first kappa shape index (κ1) is 17.7. The molecule has 136 valence electrons. The molecule has 3 rings (SSSR count). The molecule has 6 nitrogen and oxygen atoms in total. The summed E-state index contributed by atoms with van der Waals surface area (Å²) in [5.41, 5.74) is 0.819. The number of ether oxygens (including phenoxy) is 1. The molecule has 0 bridgehead atoms. The van der Waals surface area contributed by atoms with Gasteiger partial charge in [-0.05, 0) is 63.5 Å². The maximum Gasteiger partial charge on any atom is 0.311 e. The zero-order valence-corrected chi connectivity index (χ0v) is 15.1. The van der Waals surface area contributed by atoms with Gasteiger partial charge in [0.05, 0.1) is 12.5 Å². The predicted octanol–water partition coefficient (Wildman–Crippen LogP) is 2.01. The van der Waals surface area contributed by atoms with Crippen LogP contribution in [0.1, 0.15) is 35.2 Å². The number of rotatable bonds is 3. The summed E-state index contributed by atoms with van der Waals surface area (Å²) < 4.78 is 5.25. The number of aliphatic carboxylic acids is 1. The van der Waals surface area contributed by atoms with Gasteiger partial charge in [0, 0.05) is 24.7 Å². The molecule has 0 saturated carbocycles. The van der Waals surface area contributed by atoms with Gasteiger partial charge in [0.2, 0.25) is 0 Å². The third-order valence-corrected chi connectivity index (χ3v) is 5.88. The van der Waals surface area contributed by atoms with Crippen molar-refractivity contribution < 1.29 is 19.4 Å². The average molecular weight is 346 g/mol. The van der Waals surface area contributed by atoms with Crippen LogP contribution in [0, 0.1) is 12.3 Å². The number of methoxy groups -OCH3 is 1. The molecule has 2 heterocycles. The lowest BCUT2D eigenvalue weighted by Crippen LogP contribution is -2.63. The second-order valence-electron chi connectivity index (χ2n) is 7.25. The van der Waals surface area contributed by atoms with Gasteiger partial charge in [0.25, 0.3) is 5.91 Å². The number of benzene rings is 1. The van der Waals surface area contributed by atoms with Gasteiger partial charge in [-0.3, -0.25) is 9.59 Å². The quantitative estimate of drug-likeness (QED) is 0.907. The van der Waals surface area contributed by atoms with E-state index in [2.05, 4.69) is 4.90 Å². The molecular formula is C19H26N2O4. The molecule has 0 aliphatic carbocycles. The molecule has 1 N–H and O–H groups in total. The topological polar surface area (TPSA) is 70.1 Å². The number of piperidine rings is 2. The van der Waals surface area contributed by atoms with E-state index >= 15 is 0 Å². The molecule has 0 spiro atoms. The molecule has 0 aromatic heterocycles. The van der Waals surface area contributed by atoms with Crippen LogP contribution in [-0.4, -0.2) is 66.6 Å². The number of hydrogen-bond donors (Lipinski definition) is 1. The summed E-state index contributed by atoms with van der Waals surface area (Å²) in [5.74, 6) is -0.00717. The van der Waals surface area contributed by atoms with E-state index in [0.29, 0.717) is 31.5 Å². The highest BCUT2D eigenvalue weighted by Crippen LogP contribution is 2.42. The number of likely N-dealkylation sites (tertiary alicyclic amines) is 2. The first-order valence-corrected chi connectivity index (χ1v) is 8.76. The first-order chi connectivity index (χ1) is 11.9. The van der Waals surface area contributed by atoms with Gasteiger partial charge in [-0.25, -0.2) is 0 Å². The molecule has 1 aromatic carbocycles. The van der Waals surface area contributed by atoms with Crippen LogP contribution >= 0.6 is 0 Å². The summed E-state index contributed by atoms with van der Waals surface area (Å²) in [7, 11) is 3.58. The number of carbonyl (C=O) groups is 2. The lowest BCUT2D eigenvalue weighted by Gasteiger charge is -2.51. The van der Waals surface area contributed by atoms with Gasteiger partial charge in [0.15, 0.2) is 0 Å². The summed E-state index contributed by atoms with van der Waals surface area (Å²) in [4.78, 5) is 28.8. The molecule has 2 atom stereocenters. The molecule has 1 amide bonds. The summed E-state index contributed by atoms with van der Waals surface area (Å²) in [6, 6.07) is 5.29. The fourth-order valence-corrected chi connectivity index (χ4v) is 4.36. The van der Waals surface area contributed by atoms with Crippen LogP contribution in [0.5, 0.6) is 5.75 Å². The van der Waals surface area contributed by atoms with Crippen molar-refractivity contribution in [3.63, 3.8) is 0 Å². The van der Waals surface area contributed by atoms with Crippen molar-refractivity contribution in [3.05, 3.63) is 29.3 Å². The highest BCUT2D eigenvalue weighted by atomic mass is 16.5. The van der Waals surface area contributed by atoms with Crippen LogP contribution < -0.4 is 4.74 Å². The van der Waals surface area contributed by atoms with E-state index in [-0.39, 0.29) is 11.9 Å². The molecular weight excluding hydrogens is 320 g/mol. The van der Waals surface area contributed by atoms with Crippen molar-refractivity contribution in [2.75, 3.05) is 33.8 Å². The average Bonchev–Trinajstić information content (AvgIpc) is 2.61. The zero-order valence-electron chi connectivity index (χ0n) is 15.1. The fraction of sp³-hybridized carbons (Fsp3) is 0.579. The Morgan fingerprint density at radius 1 is 1.28 bits per heavy atom. The molecule has 0 radical (unpaired) electrons. The van der Waals surface area contributed by atoms with Crippen LogP contribution in [0.25, 0.3) is 0 Å². The number of hydrogen-bond acceptors (Lipinski definition) is 4. The number of aryl methyl sites for hydroxylation is 1. The van der Waals surface area contributed by atoms with E-state index in [0.717, 1.165) is 24.3 Å². The van der Waals surface area contributed by atoms with Crippen molar-refractivity contribution in [3.8, 4) is 5.75 Å². The lowest BCUT2D eigenvalue weighted by atomic mass is 9.68. The molecule has 6 heteroatoms. The Kier molecular flexibility index (Phi) is 4.73. The van der Waals surface area contributed by atoms with Crippen molar-refractivity contribution in [2.24, 2.45) is 5.41 Å². The van der Waals surface area contributed by atoms with E-state index in [1.54, 1.807) is 24.1 Å². The minimum Gasteiger partial charge on any atom is -0.496 e. The summed E-state index contributed by atoms with van der Waals surface area (Å²) in [6.07, 6.45) is 2.10. The van der Waals surface area contributed by atoms with Gasteiger partial charge in [-0.2, -0.15) is 0 Å². The van der Waals surface area contributed by atoms with Gasteiger partial charge in [-0.1, -0.05) is 0 Å². The summed E-state index contributed by atoms with van der Waals surface area (Å²) >= 11 is 0. The number of amides is 1. The van der Waals surface area contributed by atoms with E-state index in [9.17, 15) is 14.7 Å². The Hall–Kier alpha value is -2.08. The van der Waals surface area contributed by atoms with Crippen LogP contribution in [0.2, 0.25) is 0 Å². The Bertz CT molecular complexity index is 690. The summed E-state index contributed by atoms with van der Waals surface area (Å²) in [5, 5.41) is 9.83. The van der Waals surface area contributed by atoms with Crippen LogP contribution in [0.15, 0.2) is 18.2 Å². The van der Waals surface area contributed by atoms with Crippen LogP contribution in [-0.2, 0) is 4.79 Å². The monoisotopic (exact) mass is 346 g/mol. The number of carboxylic acids is 1. The number of fused-ring (bicyclic) bond motifs is 1. The van der Waals surface area contributed by atoms with Crippen molar-refractivity contribution in [1.82, 2.24) is 9.80 Å². The molecule has 2 aliphatic heterocycles. The predicted molar refractivity (Wildman–Crippen MR) is 94.0 cm³/mol. The van der Waals surface area contributed by atoms with Crippen molar-refractivity contribution >= 4 is 11.9 Å². The lowest BCUT2D eigenvalue weighted by molar-refractivity contribution is -0.161. The SMILES string of the molecule is COc1ccc(C(=O)N2CC[C@@]3(C(=O)O)CCCN(C)[C@@H]3C2)cc1C. The smallest absolute Gasteiger partial charge is 0.311 e. The molecule has 0 unspecified atom stereocenters. The maximum atomic E-state index is 12.9. The van der Waals surface area contributed by atoms with Gasteiger partial charge < -0.3 is 19.6 Å².